The Morgan fingerprint density at radius 1 is 1.22 bits per heavy atom. The highest BCUT2D eigenvalue weighted by Gasteiger charge is 2.31. The summed E-state index contributed by atoms with van der Waals surface area (Å²) in [5.74, 6) is -0.932. The van der Waals surface area contributed by atoms with Crippen molar-refractivity contribution in [3.8, 4) is 5.75 Å². The Morgan fingerprint density at radius 3 is 2.85 bits per heavy atom. The number of likely N-dealkylation sites (tertiary alicyclic amines) is 1. The van der Waals surface area contributed by atoms with Crippen molar-refractivity contribution in [2.45, 2.75) is 38.4 Å². The van der Waals surface area contributed by atoms with Gasteiger partial charge in [-0.2, -0.15) is 0 Å². The van der Waals surface area contributed by atoms with Crippen LogP contribution in [-0.2, 0) is 17.9 Å². The molecular formula is C21H24F2N2O2. The van der Waals surface area contributed by atoms with E-state index in [9.17, 15) is 13.6 Å². The molecule has 1 saturated heterocycles. The predicted octanol–water partition coefficient (Wildman–Crippen LogP) is 3.64. The van der Waals surface area contributed by atoms with Crippen LogP contribution in [0.25, 0.3) is 0 Å². The summed E-state index contributed by atoms with van der Waals surface area (Å²) in [7, 11) is 1.64. The number of hydrogen-bond donors (Lipinski definition) is 1. The van der Waals surface area contributed by atoms with Crippen molar-refractivity contribution in [1.29, 1.82) is 0 Å². The van der Waals surface area contributed by atoms with Crippen molar-refractivity contribution in [1.82, 2.24) is 10.2 Å². The number of halogens is 2. The third-order valence-electron chi connectivity index (χ3n) is 4.94. The lowest BCUT2D eigenvalue weighted by molar-refractivity contribution is -0.129. The SMILES string of the molecule is COc1cccc(CNCC[C@H]2CCC(=O)N2Cc2cccc(F)c2F)c1. The molecule has 1 amide bonds. The molecule has 0 aromatic heterocycles. The molecule has 0 saturated carbocycles. The summed E-state index contributed by atoms with van der Waals surface area (Å²) >= 11 is 0. The fraction of sp³-hybridized carbons (Fsp3) is 0.381. The van der Waals surface area contributed by atoms with Gasteiger partial charge in [-0.15, -0.1) is 0 Å². The molecule has 1 fully saturated rings. The van der Waals surface area contributed by atoms with Crippen LogP contribution in [0.4, 0.5) is 8.78 Å². The number of hydrogen-bond acceptors (Lipinski definition) is 3. The lowest BCUT2D eigenvalue weighted by Crippen LogP contribution is -2.35. The summed E-state index contributed by atoms with van der Waals surface area (Å²) in [5.41, 5.74) is 1.34. The molecule has 144 valence electrons. The molecular weight excluding hydrogens is 350 g/mol. The molecule has 1 atom stereocenters. The van der Waals surface area contributed by atoms with Gasteiger partial charge in [-0.1, -0.05) is 24.3 Å². The minimum Gasteiger partial charge on any atom is -0.497 e. The Hall–Kier alpha value is -2.47. The molecule has 6 heteroatoms. The number of nitrogens with one attached hydrogen (secondary N) is 1. The van der Waals surface area contributed by atoms with Gasteiger partial charge in [-0.25, -0.2) is 8.78 Å². The smallest absolute Gasteiger partial charge is 0.223 e. The minimum absolute atomic E-state index is 0.00328. The molecule has 0 bridgehead atoms. The van der Waals surface area contributed by atoms with Crippen LogP contribution in [0.3, 0.4) is 0 Å². The molecule has 0 spiro atoms. The van der Waals surface area contributed by atoms with Crippen LogP contribution in [0.15, 0.2) is 42.5 Å². The van der Waals surface area contributed by atoms with Gasteiger partial charge in [-0.05, 0) is 43.1 Å². The fourth-order valence-electron chi connectivity index (χ4n) is 3.45. The first-order valence-corrected chi connectivity index (χ1v) is 9.14. The number of rotatable bonds is 8. The van der Waals surface area contributed by atoms with Crippen molar-refractivity contribution in [2.75, 3.05) is 13.7 Å². The van der Waals surface area contributed by atoms with Crippen molar-refractivity contribution in [3.63, 3.8) is 0 Å². The lowest BCUT2D eigenvalue weighted by atomic mass is 10.1. The Bertz CT molecular complexity index is 798. The van der Waals surface area contributed by atoms with E-state index < -0.39 is 11.6 Å². The van der Waals surface area contributed by atoms with E-state index >= 15 is 0 Å². The fourth-order valence-corrected chi connectivity index (χ4v) is 3.45. The number of benzene rings is 2. The van der Waals surface area contributed by atoms with Gasteiger partial charge >= 0.3 is 0 Å². The van der Waals surface area contributed by atoms with Gasteiger partial charge < -0.3 is 15.0 Å². The Labute approximate surface area is 158 Å². The average Bonchev–Trinajstić information content (AvgIpc) is 3.02. The number of nitrogens with zero attached hydrogens (tertiary/aromatic N) is 1. The van der Waals surface area contributed by atoms with Crippen LogP contribution in [-0.4, -0.2) is 30.5 Å². The molecule has 0 radical (unpaired) electrons. The number of ether oxygens (including phenoxy) is 1. The zero-order valence-electron chi connectivity index (χ0n) is 15.4. The molecule has 4 nitrogen and oxygen atoms in total. The molecule has 0 unspecified atom stereocenters. The van der Waals surface area contributed by atoms with Gasteiger partial charge in [0.2, 0.25) is 5.91 Å². The Balaban J connectivity index is 1.52. The third kappa shape index (κ3) is 4.83. The van der Waals surface area contributed by atoms with E-state index in [1.54, 1.807) is 12.0 Å². The summed E-state index contributed by atoms with van der Waals surface area (Å²) in [6.07, 6.45) is 1.97. The standard InChI is InChI=1S/C21H24F2N2O2/c1-27-18-6-2-4-15(12-18)13-24-11-10-17-8-9-20(26)25(17)14-16-5-3-7-19(22)21(16)23/h2-7,12,17,24H,8-11,13-14H2,1H3/t17-/m1/s1. The number of carbonyl (C=O) groups excluding carboxylic acids is 1. The second-order valence-electron chi connectivity index (χ2n) is 6.74. The monoisotopic (exact) mass is 374 g/mol. The molecule has 3 rings (SSSR count). The Kier molecular flexibility index (Phi) is 6.40. The molecule has 1 aliphatic heterocycles. The van der Waals surface area contributed by atoms with Gasteiger partial charge in [-0.3, -0.25) is 4.79 Å². The Morgan fingerprint density at radius 2 is 2.04 bits per heavy atom. The highest BCUT2D eigenvalue weighted by Crippen LogP contribution is 2.25. The van der Waals surface area contributed by atoms with Crippen LogP contribution >= 0.6 is 0 Å². The summed E-state index contributed by atoms with van der Waals surface area (Å²) < 4.78 is 32.6. The van der Waals surface area contributed by atoms with Crippen LogP contribution in [0, 0.1) is 11.6 Å². The van der Waals surface area contributed by atoms with Crippen LogP contribution in [0.5, 0.6) is 5.75 Å². The van der Waals surface area contributed by atoms with E-state index in [0.717, 1.165) is 36.8 Å². The maximum absolute atomic E-state index is 13.9. The summed E-state index contributed by atoms with van der Waals surface area (Å²) in [5, 5.41) is 3.37. The maximum atomic E-state index is 13.9. The molecule has 1 aliphatic rings. The minimum atomic E-state index is -0.879. The van der Waals surface area contributed by atoms with Crippen molar-refractivity contribution in [2.24, 2.45) is 0 Å². The number of carbonyl (C=O) groups is 1. The molecule has 1 N–H and O–H groups in total. The molecule has 2 aromatic carbocycles. The first kappa shape index (κ1) is 19.3. The molecule has 2 aromatic rings. The molecule has 0 aliphatic carbocycles. The van der Waals surface area contributed by atoms with E-state index in [0.29, 0.717) is 13.0 Å². The van der Waals surface area contributed by atoms with Crippen molar-refractivity contribution < 1.29 is 18.3 Å². The third-order valence-corrected chi connectivity index (χ3v) is 4.94. The lowest BCUT2D eigenvalue weighted by Gasteiger charge is -2.25. The van der Waals surface area contributed by atoms with Gasteiger partial charge in [0.1, 0.15) is 5.75 Å². The zero-order valence-corrected chi connectivity index (χ0v) is 15.4. The van der Waals surface area contributed by atoms with E-state index in [1.165, 1.54) is 12.1 Å². The van der Waals surface area contributed by atoms with E-state index in [1.807, 2.05) is 24.3 Å². The van der Waals surface area contributed by atoms with Crippen molar-refractivity contribution in [3.05, 3.63) is 65.2 Å². The first-order chi connectivity index (χ1) is 13.1. The number of methoxy groups -OCH3 is 1. The normalized spacial score (nSPS) is 16.8. The predicted molar refractivity (Wildman–Crippen MR) is 99.2 cm³/mol. The largest absolute Gasteiger partial charge is 0.497 e. The second-order valence-corrected chi connectivity index (χ2v) is 6.74. The van der Waals surface area contributed by atoms with Gasteiger partial charge in [0.05, 0.1) is 7.11 Å². The van der Waals surface area contributed by atoms with Gasteiger partial charge in [0.15, 0.2) is 11.6 Å². The topological polar surface area (TPSA) is 41.6 Å². The van der Waals surface area contributed by atoms with E-state index in [2.05, 4.69) is 5.32 Å². The summed E-state index contributed by atoms with van der Waals surface area (Å²) in [4.78, 5) is 13.9. The van der Waals surface area contributed by atoms with Crippen molar-refractivity contribution >= 4 is 5.91 Å². The van der Waals surface area contributed by atoms with Crippen LogP contribution in [0.2, 0.25) is 0 Å². The van der Waals surface area contributed by atoms with Gasteiger partial charge in [0, 0.05) is 31.1 Å². The summed E-state index contributed by atoms with van der Waals surface area (Å²) in [6.45, 7) is 1.55. The molecule has 1 heterocycles. The quantitative estimate of drug-likeness (QED) is 0.718. The van der Waals surface area contributed by atoms with E-state index in [4.69, 9.17) is 4.74 Å². The zero-order chi connectivity index (χ0) is 19.2. The van der Waals surface area contributed by atoms with Crippen LogP contribution < -0.4 is 10.1 Å². The van der Waals surface area contributed by atoms with Crippen LogP contribution in [0.1, 0.15) is 30.4 Å². The van der Waals surface area contributed by atoms with Gasteiger partial charge in [0.25, 0.3) is 0 Å². The number of amides is 1. The molecule has 27 heavy (non-hydrogen) atoms. The second kappa shape index (κ2) is 8.95. The highest BCUT2D eigenvalue weighted by atomic mass is 19.2. The highest BCUT2D eigenvalue weighted by molar-refractivity contribution is 5.78. The maximum Gasteiger partial charge on any atom is 0.223 e. The summed E-state index contributed by atoms with van der Waals surface area (Å²) in [6, 6.07) is 12.0. The first-order valence-electron chi connectivity index (χ1n) is 9.14. The average molecular weight is 374 g/mol. The van der Waals surface area contributed by atoms with E-state index in [-0.39, 0.29) is 24.1 Å².